The highest BCUT2D eigenvalue weighted by molar-refractivity contribution is 5.95. The van der Waals surface area contributed by atoms with Crippen LogP contribution in [0.1, 0.15) is 40.9 Å². The van der Waals surface area contributed by atoms with Crippen LogP contribution in [0.2, 0.25) is 0 Å². The smallest absolute Gasteiger partial charge is 0.254 e. The maximum Gasteiger partial charge on any atom is 0.254 e. The average Bonchev–Trinajstić information content (AvgIpc) is 3.48. The molecule has 0 radical (unpaired) electrons. The predicted octanol–water partition coefficient (Wildman–Crippen LogP) is 4.47. The number of furan rings is 1. The molecule has 2 N–H and O–H groups in total. The van der Waals surface area contributed by atoms with E-state index in [1.165, 1.54) is 11.3 Å². The monoisotopic (exact) mass is 414 g/mol. The van der Waals surface area contributed by atoms with Crippen molar-refractivity contribution in [3.63, 3.8) is 0 Å². The van der Waals surface area contributed by atoms with Gasteiger partial charge in [0.15, 0.2) is 0 Å². The molecule has 158 valence electrons. The van der Waals surface area contributed by atoms with Gasteiger partial charge in [-0.05, 0) is 49.6 Å². The highest BCUT2D eigenvalue weighted by Crippen LogP contribution is 2.33. The Bertz CT molecular complexity index is 1180. The molecule has 1 unspecified atom stereocenters. The summed E-state index contributed by atoms with van der Waals surface area (Å²) < 4.78 is 5.70. The minimum atomic E-state index is -0.0894. The van der Waals surface area contributed by atoms with Gasteiger partial charge in [0.2, 0.25) is 0 Å². The molecule has 3 heterocycles. The molecule has 0 aliphatic carbocycles. The number of benzene rings is 2. The topological polar surface area (TPSA) is 74.2 Å². The van der Waals surface area contributed by atoms with Gasteiger partial charge >= 0.3 is 0 Å². The normalized spacial score (nSPS) is 15.4. The largest absolute Gasteiger partial charge is 0.467 e. The van der Waals surface area contributed by atoms with Gasteiger partial charge in [-0.1, -0.05) is 30.3 Å². The second kappa shape index (κ2) is 8.30. The first-order valence-corrected chi connectivity index (χ1v) is 10.8. The molecule has 0 spiro atoms. The van der Waals surface area contributed by atoms with Crippen molar-refractivity contribution in [3.8, 4) is 0 Å². The van der Waals surface area contributed by atoms with E-state index in [4.69, 9.17) is 4.42 Å². The van der Waals surface area contributed by atoms with E-state index in [2.05, 4.69) is 51.4 Å². The maximum atomic E-state index is 12.8. The number of rotatable bonds is 7. The lowest BCUT2D eigenvalue weighted by molar-refractivity contribution is 0.0951. The number of aromatic nitrogens is 2. The average molecular weight is 415 g/mol. The van der Waals surface area contributed by atoms with Gasteiger partial charge in [0.1, 0.15) is 11.6 Å². The Balaban J connectivity index is 1.18. The number of carbonyl (C=O) groups excluding carboxylic acids is 1. The predicted molar refractivity (Wildman–Crippen MR) is 121 cm³/mol. The van der Waals surface area contributed by atoms with Gasteiger partial charge in [-0.15, -0.1) is 0 Å². The number of anilines is 1. The van der Waals surface area contributed by atoms with Crippen molar-refractivity contribution in [1.29, 1.82) is 0 Å². The Hall–Kier alpha value is -3.54. The van der Waals surface area contributed by atoms with Gasteiger partial charge in [-0.25, -0.2) is 4.98 Å². The van der Waals surface area contributed by atoms with Crippen LogP contribution in [0, 0.1) is 0 Å². The lowest BCUT2D eigenvalue weighted by atomic mass is 10.1. The van der Waals surface area contributed by atoms with Crippen molar-refractivity contribution in [1.82, 2.24) is 15.3 Å². The molecule has 31 heavy (non-hydrogen) atoms. The Morgan fingerprint density at radius 1 is 1.19 bits per heavy atom. The molecule has 1 aliphatic rings. The van der Waals surface area contributed by atoms with Gasteiger partial charge in [-0.2, -0.15) is 0 Å². The van der Waals surface area contributed by atoms with Crippen molar-refractivity contribution in [2.45, 2.75) is 38.8 Å². The number of hydrogen-bond acceptors (Lipinski definition) is 4. The van der Waals surface area contributed by atoms with E-state index >= 15 is 0 Å². The summed E-state index contributed by atoms with van der Waals surface area (Å²) in [5.74, 6) is 1.56. The summed E-state index contributed by atoms with van der Waals surface area (Å²) in [5, 5.41) is 3.03. The number of fused-ring (bicyclic) bond motifs is 2. The van der Waals surface area contributed by atoms with E-state index in [0.717, 1.165) is 36.1 Å². The van der Waals surface area contributed by atoms with E-state index in [-0.39, 0.29) is 5.91 Å². The number of amides is 1. The number of H-pyrrole nitrogens is 1. The van der Waals surface area contributed by atoms with E-state index in [9.17, 15) is 4.79 Å². The Morgan fingerprint density at radius 2 is 2.03 bits per heavy atom. The van der Waals surface area contributed by atoms with E-state index in [0.29, 0.717) is 30.5 Å². The van der Waals surface area contributed by atoms with Crippen LogP contribution in [-0.4, -0.2) is 28.5 Å². The molecule has 0 fully saturated rings. The maximum absolute atomic E-state index is 12.8. The number of aryl methyl sites for hydroxylation is 1. The molecule has 5 rings (SSSR count). The van der Waals surface area contributed by atoms with E-state index in [1.807, 2.05) is 24.3 Å². The van der Waals surface area contributed by atoms with Gasteiger partial charge in [0, 0.05) is 24.7 Å². The zero-order chi connectivity index (χ0) is 21.2. The van der Waals surface area contributed by atoms with E-state index < -0.39 is 0 Å². The van der Waals surface area contributed by atoms with Crippen molar-refractivity contribution in [2.24, 2.45) is 0 Å². The third kappa shape index (κ3) is 3.93. The molecule has 0 bridgehead atoms. The molecule has 1 atom stereocenters. The fourth-order valence-corrected chi connectivity index (χ4v) is 4.37. The molecular formula is C25H26N4O2. The Kier molecular flexibility index (Phi) is 5.20. The zero-order valence-corrected chi connectivity index (χ0v) is 17.6. The SMILES string of the molecule is CC1Cc2ccccc2N1Cc1occc1C(=O)NCCCc1nc2ccccc2[nH]1. The van der Waals surface area contributed by atoms with Crippen molar-refractivity contribution < 1.29 is 9.21 Å². The molecule has 2 aromatic heterocycles. The fraction of sp³-hybridized carbons (Fsp3) is 0.280. The van der Waals surface area contributed by atoms with Gasteiger partial charge in [0.05, 0.1) is 29.4 Å². The molecule has 6 nitrogen and oxygen atoms in total. The molecule has 2 aromatic carbocycles. The summed E-state index contributed by atoms with van der Waals surface area (Å²) in [6.07, 6.45) is 4.22. The minimum absolute atomic E-state index is 0.0894. The molecule has 0 saturated carbocycles. The summed E-state index contributed by atoms with van der Waals surface area (Å²) in [6, 6.07) is 18.6. The quantitative estimate of drug-likeness (QED) is 0.438. The number of para-hydroxylation sites is 3. The number of nitrogens with one attached hydrogen (secondary N) is 2. The van der Waals surface area contributed by atoms with Gasteiger partial charge < -0.3 is 19.6 Å². The van der Waals surface area contributed by atoms with Crippen LogP contribution in [0.15, 0.2) is 65.3 Å². The third-order valence-corrected chi connectivity index (χ3v) is 5.97. The third-order valence-electron chi connectivity index (χ3n) is 5.97. The zero-order valence-electron chi connectivity index (χ0n) is 17.6. The summed E-state index contributed by atoms with van der Waals surface area (Å²) >= 11 is 0. The second-order valence-corrected chi connectivity index (χ2v) is 8.13. The second-order valence-electron chi connectivity index (χ2n) is 8.13. The first kappa shape index (κ1) is 19.4. The van der Waals surface area contributed by atoms with E-state index in [1.54, 1.807) is 12.3 Å². The highest BCUT2D eigenvalue weighted by Gasteiger charge is 2.27. The Labute approximate surface area is 181 Å². The number of hydrogen-bond donors (Lipinski definition) is 2. The summed E-state index contributed by atoms with van der Waals surface area (Å²) in [4.78, 5) is 23.0. The molecule has 1 aliphatic heterocycles. The summed E-state index contributed by atoms with van der Waals surface area (Å²) in [7, 11) is 0. The van der Waals surface area contributed by atoms with Crippen LogP contribution >= 0.6 is 0 Å². The number of carbonyl (C=O) groups is 1. The minimum Gasteiger partial charge on any atom is -0.467 e. The summed E-state index contributed by atoms with van der Waals surface area (Å²) in [6.45, 7) is 3.39. The lowest BCUT2D eigenvalue weighted by Crippen LogP contribution is -2.30. The molecule has 1 amide bonds. The molecule has 0 saturated heterocycles. The van der Waals surface area contributed by atoms with Crippen LogP contribution in [0.25, 0.3) is 11.0 Å². The first-order valence-electron chi connectivity index (χ1n) is 10.8. The van der Waals surface area contributed by atoms with Crippen molar-refractivity contribution in [2.75, 3.05) is 11.4 Å². The number of nitrogens with zero attached hydrogens (tertiary/aromatic N) is 2. The molecular weight excluding hydrogens is 388 g/mol. The molecule has 4 aromatic rings. The number of aromatic amines is 1. The lowest BCUT2D eigenvalue weighted by Gasteiger charge is -2.24. The van der Waals surface area contributed by atoms with Crippen LogP contribution in [-0.2, 0) is 19.4 Å². The van der Waals surface area contributed by atoms with Crippen LogP contribution in [0.5, 0.6) is 0 Å². The number of imidazole rings is 1. The van der Waals surface area contributed by atoms with Crippen LogP contribution in [0.4, 0.5) is 5.69 Å². The van der Waals surface area contributed by atoms with Gasteiger partial charge in [-0.3, -0.25) is 4.79 Å². The Morgan fingerprint density at radius 3 is 2.94 bits per heavy atom. The highest BCUT2D eigenvalue weighted by atomic mass is 16.3. The first-order chi connectivity index (χ1) is 15.2. The molecule has 6 heteroatoms. The standard InChI is InChI=1S/C25H26N4O2/c1-17-15-18-7-2-5-10-22(18)29(17)16-23-19(12-14-31-23)25(30)26-13-6-11-24-27-20-8-3-4-9-21(20)28-24/h2-5,7-10,12,14,17H,6,11,13,15-16H2,1H3,(H,26,30)(H,27,28). The van der Waals surface area contributed by atoms with Gasteiger partial charge in [0.25, 0.3) is 5.91 Å². The van der Waals surface area contributed by atoms with Crippen molar-refractivity contribution in [3.05, 3.63) is 83.6 Å². The van der Waals surface area contributed by atoms with Crippen molar-refractivity contribution >= 4 is 22.6 Å². The summed E-state index contributed by atoms with van der Waals surface area (Å²) in [5.41, 5.74) is 5.20. The van der Waals surface area contributed by atoms with Crippen LogP contribution in [0.3, 0.4) is 0 Å². The van der Waals surface area contributed by atoms with Crippen LogP contribution < -0.4 is 10.2 Å². The fourth-order valence-electron chi connectivity index (χ4n) is 4.37.